The molecule has 3 heterocycles. The van der Waals surface area contributed by atoms with E-state index in [1.54, 1.807) is 13.3 Å². The first-order chi connectivity index (χ1) is 14.7. The molecule has 4 rings (SSSR count). The van der Waals surface area contributed by atoms with Crippen molar-refractivity contribution < 1.29 is 19.0 Å². The maximum atomic E-state index is 13.2. The van der Waals surface area contributed by atoms with E-state index >= 15 is 0 Å². The number of pyridine rings is 1. The molecule has 0 unspecified atom stereocenters. The molecule has 0 atom stereocenters. The van der Waals surface area contributed by atoms with Gasteiger partial charge in [0.25, 0.3) is 5.91 Å². The van der Waals surface area contributed by atoms with Gasteiger partial charge in [-0.15, -0.1) is 0 Å². The van der Waals surface area contributed by atoms with Gasteiger partial charge in [0.1, 0.15) is 11.6 Å². The zero-order valence-electron chi connectivity index (χ0n) is 17.4. The molecule has 160 valence electrons. The third-order valence-corrected chi connectivity index (χ3v) is 6.08. The smallest absolute Gasteiger partial charge is 0.255 e. The van der Waals surface area contributed by atoms with Gasteiger partial charge in [-0.1, -0.05) is 12.1 Å². The van der Waals surface area contributed by atoms with Gasteiger partial charge in [0.05, 0.1) is 25.9 Å². The van der Waals surface area contributed by atoms with E-state index in [0.717, 1.165) is 37.5 Å². The van der Waals surface area contributed by atoms with Crippen molar-refractivity contribution in [3.05, 3.63) is 53.7 Å². The fourth-order valence-electron chi connectivity index (χ4n) is 4.22. The topological polar surface area (TPSA) is 72.9 Å². The number of benzene rings is 1. The van der Waals surface area contributed by atoms with Crippen molar-refractivity contribution in [2.75, 3.05) is 58.1 Å². The van der Waals surface area contributed by atoms with E-state index in [2.05, 4.69) is 27.3 Å². The molecule has 2 aromatic rings. The third-order valence-electron chi connectivity index (χ3n) is 6.08. The van der Waals surface area contributed by atoms with Crippen LogP contribution in [0.15, 0.2) is 42.6 Å². The van der Waals surface area contributed by atoms with Crippen molar-refractivity contribution in [2.24, 2.45) is 0 Å². The highest BCUT2D eigenvalue weighted by molar-refractivity contribution is 5.99. The molecular formula is C23H29N3O4. The van der Waals surface area contributed by atoms with Crippen LogP contribution in [0.4, 0.5) is 5.82 Å². The Morgan fingerprint density at radius 2 is 1.80 bits per heavy atom. The van der Waals surface area contributed by atoms with E-state index in [4.69, 9.17) is 14.2 Å². The molecule has 0 spiro atoms. The number of aromatic nitrogens is 1. The number of carbonyl (C=O) groups is 1. The van der Waals surface area contributed by atoms with Crippen LogP contribution in [0.25, 0.3) is 0 Å². The maximum absolute atomic E-state index is 13.2. The lowest BCUT2D eigenvalue weighted by Gasteiger charge is -2.38. The number of ether oxygens (including phenoxy) is 3. The molecule has 7 heteroatoms. The van der Waals surface area contributed by atoms with Gasteiger partial charge in [0, 0.05) is 44.5 Å². The predicted octanol–water partition coefficient (Wildman–Crippen LogP) is 2.41. The molecule has 1 amide bonds. The molecule has 0 aliphatic carbocycles. The summed E-state index contributed by atoms with van der Waals surface area (Å²) in [6, 6.07) is 11.8. The molecular weight excluding hydrogens is 382 g/mol. The number of anilines is 1. The Kier molecular flexibility index (Phi) is 6.50. The van der Waals surface area contributed by atoms with Crippen molar-refractivity contribution in [1.82, 2.24) is 10.3 Å². The highest BCUT2D eigenvalue weighted by Gasteiger charge is 2.35. The molecule has 2 aliphatic heterocycles. The summed E-state index contributed by atoms with van der Waals surface area (Å²) < 4.78 is 16.4. The first kappa shape index (κ1) is 20.6. The van der Waals surface area contributed by atoms with E-state index in [0.29, 0.717) is 38.5 Å². The quantitative estimate of drug-likeness (QED) is 0.787. The summed E-state index contributed by atoms with van der Waals surface area (Å²) in [5.74, 6) is 1.46. The van der Waals surface area contributed by atoms with Crippen molar-refractivity contribution >= 4 is 11.7 Å². The Labute approximate surface area is 177 Å². The van der Waals surface area contributed by atoms with Crippen molar-refractivity contribution in [3.63, 3.8) is 0 Å². The first-order valence-electron chi connectivity index (χ1n) is 10.5. The van der Waals surface area contributed by atoms with Gasteiger partial charge in [0.15, 0.2) is 0 Å². The molecule has 0 radical (unpaired) electrons. The Morgan fingerprint density at radius 3 is 2.50 bits per heavy atom. The number of nitrogens with one attached hydrogen (secondary N) is 1. The van der Waals surface area contributed by atoms with Gasteiger partial charge in [-0.3, -0.25) is 4.79 Å². The number of nitrogens with zero attached hydrogens (tertiary/aromatic N) is 2. The van der Waals surface area contributed by atoms with Crippen molar-refractivity contribution in [3.8, 4) is 5.75 Å². The van der Waals surface area contributed by atoms with Gasteiger partial charge in [-0.05, 0) is 42.7 Å². The van der Waals surface area contributed by atoms with Gasteiger partial charge >= 0.3 is 0 Å². The summed E-state index contributed by atoms with van der Waals surface area (Å²) in [6.07, 6.45) is 3.46. The Morgan fingerprint density at radius 1 is 1.10 bits per heavy atom. The van der Waals surface area contributed by atoms with Crippen LogP contribution in [0.3, 0.4) is 0 Å². The molecule has 2 fully saturated rings. The molecule has 2 aliphatic rings. The van der Waals surface area contributed by atoms with Crippen LogP contribution >= 0.6 is 0 Å². The Balaban J connectivity index is 1.52. The van der Waals surface area contributed by atoms with E-state index in [1.165, 1.54) is 5.56 Å². The van der Waals surface area contributed by atoms with Crippen LogP contribution in [-0.4, -0.2) is 64.1 Å². The molecule has 0 bridgehead atoms. The molecule has 30 heavy (non-hydrogen) atoms. The highest BCUT2D eigenvalue weighted by Crippen LogP contribution is 2.35. The number of hydrogen-bond donors (Lipinski definition) is 1. The summed E-state index contributed by atoms with van der Waals surface area (Å²) in [5.41, 5.74) is 1.66. The lowest BCUT2D eigenvalue weighted by molar-refractivity contribution is 0.0487. The summed E-state index contributed by atoms with van der Waals surface area (Å²) in [5, 5.41) is 3.19. The number of morpholine rings is 1. The second-order valence-electron chi connectivity index (χ2n) is 7.78. The summed E-state index contributed by atoms with van der Waals surface area (Å²) >= 11 is 0. The van der Waals surface area contributed by atoms with Crippen LogP contribution in [0.5, 0.6) is 5.75 Å². The third kappa shape index (κ3) is 4.42. The molecule has 1 aromatic carbocycles. The minimum Gasteiger partial charge on any atom is -0.497 e. The molecule has 1 N–H and O–H groups in total. The van der Waals surface area contributed by atoms with Crippen LogP contribution in [0, 0.1) is 0 Å². The van der Waals surface area contributed by atoms with Crippen LogP contribution < -0.4 is 15.0 Å². The first-order valence-corrected chi connectivity index (χ1v) is 10.5. The minimum absolute atomic E-state index is 0.0935. The van der Waals surface area contributed by atoms with Gasteiger partial charge in [-0.25, -0.2) is 4.98 Å². The van der Waals surface area contributed by atoms with Crippen molar-refractivity contribution in [2.45, 2.75) is 18.3 Å². The van der Waals surface area contributed by atoms with Gasteiger partial charge < -0.3 is 24.4 Å². The Hall–Kier alpha value is -2.64. The maximum Gasteiger partial charge on any atom is 0.255 e. The molecule has 2 saturated heterocycles. The van der Waals surface area contributed by atoms with E-state index in [9.17, 15) is 4.79 Å². The zero-order chi connectivity index (χ0) is 20.8. The second-order valence-corrected chi connectivity index (χ2v) is 7.78. The number of methoxy groups -OCH3 is 1. The zero-order valence-corrected chi connectivity index (χ0v) is 17.4. The average molecular weight is 412 g/mol. The van der Waals surface area contributed by atoms with Gasteiger partial charge in [0.2, 0.25) is 0 Å². The number of hydrogen-bond acceptors (Lipinski definition) is 6. The Bertz CT molecular complexity index is 844. The SMILES string of the molecule is COc1ccc(C2(CNC(=O)c3cccnc3N3CCOCC3)CCOCC2)cc1. The minimum atomic E-state index is -0.151. The standard InChI is InChI=1S/C23H29N3O4/c1-28-19-6-4-18(5-7-19)23(8-13-29-14-9-23)17-25-22(27)20-3-2-10-24-21(20)26-11-15-30-16-12-26/h2-7,10H,8-9,11-17H2,1H3,(H,25,27). The van der Waals surface area contributed by atoms with Crippen molar-refractivity contribution in [1.29, 1.82) is 0 Å². The lowest BCUT2D eigenvalue weighted by Crippen LogP contribution is -2.45. The molecule has 0 saturated carbocycles. The lowest BCUT2D eigenvalue weighted by atomic mass is 9.74. The van der Waals surface area contributed by atoms with E-state index < -0.39 is 0 Å². The normalized spacial score (nSPS) is 18.6. The largest absolute Gasteiger partial charge is 0.497 e. The second kappa shape index (κ2) is 9.45. The molecule has 1 aromatic heterocycles. The van der Waals surface area contributed by atoms with Crippen LogP contribution in [0.2, 0.25) is 0 Å². The summed E-state index contributed by atoms with van der Waals surface area (Å²) in [6.45, 7) is 4.71. The fourth-order valence-corrected chi connectivity index (χ4v) is 4.22. The summed E-state index contributed by atoms with van der Waals surface area (Å²) in [4.78, 5) is 19.8. The number of carbonyl (C=O) groups excluding carboxylic acids is 1. The summed E-state index contributed by atoms with van der Waals surface area (Å²) in [7, 11) is 1.67. The average Bonchev–Trinajstić information content (AvgIpc) is 2.84. The highest BCUT2D eigenvalue weighted by atomic mass is 16.5. The van der Waals surface area contributed by atoms with Gasteiger partial charge in [-0.2, -0.15) is 0 Å². The van der Waals surface area contributed by atoms with Crippen LogP contribution in [0.1, 0.15) is 28.8 Å². The van der Waals surface area contributed by atoms with E-state index in [1.807, 2.05) is 24.3 Å². The van der Waals surface area contributed by atoms with Crippen LogP contribution in [-0.2, 0) is 14.9 Å². The fraction of sp³-hybridized carbons (Fsp3) is 0.478. The number of rotatable bonds is 6. The monoisotopic (exact) mass is 411 g/mol. The number of amides is 1. The molecule has 7 nitrogen and oxygen atoms in total. The van der Waals surface area contributed by atoms with E-state index in [-0.39, 0.29) is 11.3 Å². The predicted molar refractivity (Wildman–Crippen MR) is 114 cm³/mol.